The Bertz CT molecular complexity index is 321. The maximum absolute atomic E-state index is 13.4. The number of hydrogen-bond donors (Lipinski definition) is 1. The first-order valence-electron chi connectivity index (χ1n) is 5.11. The second-order valence-corrected chi connectivity index (χ2v) is 4.07. The smallest absolute Gasteiger partial charge is 0.165 e. The highest BCUT2D eigenvalue weighted by Gasteiger charge is 2.08. The molecule has 0 bridgehead atoms. The number of ether oxygens (including phenoxy) is 1. The SMILES string of the molecule is CC(C)COc1ccc(C(C)O)cc1F. The lowest BCUT2D eigenvalue weighted by Gasteiger charge is -2.11. The summed E-state index contributed by atoms with van der Waals surface area (Å²) in [4.78, 5) is 0. The Hall–Kier alpha value is -1.09. The lowest BCUT2D eigenvalue weighted by Crippen LogP contribution is -2.06. The molecule has 0 aliphatic rings. The van der Waals surface area contributed by atoms with Gasteiger partial charge in [0.15, 0.2) is 11.6 Å². The summed E-state index contributed by atoms with van der Waals surface area (Å²) >= 11 is 0. The van der Waals surface area contributed by atoms with Crippen LogP contribution in [0.4, 0.5) is 4.39 Å². The normalized spacial score (nSPS) is 12.9. The van der Waals surface area contributed by atoms with Crippen molar-refractivity contribution < 1.29 is 14.2 Å². The van der Waals surface area contributed by atoms with Crippen LogP contribution in [0.3, 0.4) is 0 Å². The van der Waals surface area contributed by atoms with Gasteiger partial charge in [-0.1, -0.05) is 19.9 Å². The second-order valence-electron chi connectivity index (χ2n) is 4.07. The van der Waals surface area contributed by atoms with Gasteiger partial charge in [0.25, 0.3) is 0 Å². The van der Waals surface area contributed by atoms with Crippen molar-refractivity contribution in [2.75, 3.05) is 6.61 Å². The van der Waals surface area contributed by atoms with Crippen LogP contribution in [-0.4, -0.2) is 11.7 Å². The van der Waals surface area contributed by atoms with Crippen molar-refractivity contribution >= 4 is 0 Å². The van der Waals surface area contributed by atoms with Gasteiger partial charge in [-0.2, -0.15) is 0 Å². The molecular weight excluding hydrogens is 195 g/mol. The van der Waals surface area contributed by atoms with Crippen LogP contribution >= 0.6 is 0 Å². The van der Waals surface area contributed by atoms with Gasteiger partial charge in [-0.15, -0.1) is 0 Å². The van der Waals surface area contributed by atoms with Gasteiger partial charge in [0.2, 0.25) is 0 Å². The Kier molecular flexibility index (Phi) is 4.09. The fraction of sp³-hybridized carbons (Fsp3) is 0.500. The lowest BCUT2D eigenvalue weighted by molar-refractivity contribution is 0.198. The van der Waals surface area contributed by atoms with E-state index in [1.807, 2.05) is 13.8 Å². The minimum atomic E-state index is -0.654. The van der Waals surface area contributed by atoms with Crippen LogP contribution in [0.15, 0.2) is 18.2 Å². The van der Waals surface area contributed by atoms with Crippen molar-refractivity contribution in [3.63, 3.8) is 0 Å². The number of halogens is 1. The number of hydrogen-bond acceptors (Lipinski definition) is 2. The van der Waals surface area contributed by atoms with E-state index in [1.54, 1.807) is 19.1 Å². The number of benzene rings is 1. The third-order valence-electron chi connectivity index (χ3n) is 2.01. The Labute approximate surface area is 89.7 Å². The molecule has 3 heteroatoms. The highest BCUT2D eigenvalue weighted by molar-refractivity contribution is 5.30. The molecule has 1 N–H and O–H groups in total. The average molecular weight is 212 g/mol. The first-order chi connectivity index (χ1) is 7.00. The minimum Gasteiger partial charge on any atom is -0.490 e. The van der Waals surface area contributed by atoms with E-state index in [1.165, 1.54) is 6.07 Å². The largest absolute Gasteiger partial charge is 0.490 e. The van der Waals surface area contributed by atoms with Crippen LogP contribution in [0.5, 0.6) is 5.75 Å². The average Bonchev–Trinajstić information content (AvgIpc) is 2.15. The molecule has 0 aromatic heterocycles. The van der Waals surface area contributed by atoms with E-state index in [-0.39, 0.29) is 5.75 Å². The van der Waals surface area contributed by atoms with Gasteiger partial charge < -0.3 is 9.84 Å². The standard InChI is InChI=1S/C12H17FO2/c1-8(2)7-15-12-5-4-10(9(3)14)6-11(12)13/h4-6,8-9,14H,7H2,1-3H3. The third-order valence-corrected chi connectivity index (χ3v) is 2.01. The summed E-state index contributed by atoms with van der Waals surface area (Å²) in [5.74, 6) is 0.183. The highest BCUT2D eigenvalue weighted by Crippen LogP contribution is 2.22. The quantitative estimate of drug-likeness (QED) is 0.831. The van der Waals surface area contributed by atoms with Crippen LogP contribution in [0.2, 0.25) is 0 Å². The van der Waals surface area contributed by atoms with E-state index in [4.69, 9.17) is 4.74 Å². The van der Waals surface area contributed by atoms with Gasteiger partial charge in [0.1, 0.15) is 0 Å². The van der Waals surface area contributed by atoms with E-state index in [2.05, 4.69) is 0 Å². The fourth-order valence-electron chi connectivity index (χ4n) is 1.15. The molecular formula is C12H17FO2. The molecule has 2 nitrogen and oxygen atoms in total. The maximum Gasteiger partial charge on any atom is 0.165 e. The van der Waals surface area contributed by atoms with Crippen molar-refractivity contribution in [3.05, 3.63) is 29.6 Å². The molecule has 0 amide bonds. The van der Waals surface area contributed by atoms with E-state index < -0.39 is 11.9 Å². The molecule has 0 fully saturated rings. The molecule has 1 rings (SSSR count). The van der Waals surface area contributed by atoms with Crippen molar-refractivity contribution in [2.24, 2.45) is 5.92 Å². The zero-order valence-corrected chi connectivity index (χ0v) is 9.33. The number of rotatable bonds is 4. The minimum absolute atomic E-state index is 0.244. The van der Waals surface area contributed by atoms with Gasteiger partial charge in [0.05, 0.1) is 12.7 Å². The van der Waals surface area contributed by atoms with E-state index in [0.29, 0.717) is 18.1 Å². The molecule has 0 heterocycles. The molecule has 1 aromatic rings. The third kappa shape index (κ3) is 3.51. The molecule has 15 heavy (non-hydrogen) atoms. The van der Waals surface area contributed by atoms with Crippen LogP contribution in [-0.2, 0) is 0 Å². The molecule has 84 valence electrons. The molecule has 0 aliphatic heterocycles. The molecule has 0 radical (unpaired) electrons. The first kappa shape index (κ1) is 12.0. The summed E-state index contributed by atoms with van der Waals surface area (Å²) < 4.78 is 18.7. The summed E-state index contributed by atoms with van der Waals surface area (Å²) in [7, 11) is 0. The van der Waals surface area contributed by atoms with Gasteiger partial charge in [-0.3, -0.25) is 0 Å². The lowest BCUT2D eigenvalue weighted by atomic mass is 10.1. The highest BCUT2D eigenvalue weighted by atomic mass is 19.1. The summed E-state index contributed by atoms with van der Waals surface area (Å²) in [6.45, 7) is 6.10. The summed E-state index contributed by atoms with van der Waals surface area (Å²) in [5.41, 5.74) is 0.560. The van der Waals surface area contributed by atoms with Crippen molar-refractivity contribution in [1.29, 1.82) is 0 Å². The second kappa shape index (κ2) is 5.12. The molecule has 0 saturated carbocycles. The van der Waals surface area contributed by atoms with Crippen LogP contribution in [0.1, 0.15) is 32.4 Å². The molecule has 1 atom stereocenters. The van der Waals surface area contributed by atoms with Gasteiger partial charge in [0, 0.05) is 0 Å². The molecule has 0 spiro atoms. The molecule has 1 unspecified atom stereocenters. The van der Waals surface area contributed by atoms with Crippen molar-refractivity contribution in [2.45, 2.75) is 26.9 Å². The van der Waals surface area contributed by atoms with Crippen molar-refractivity contribution in [3.8, 4) is 5.75 Å². The predicted molar refractivity (Wildman–Crippen MR) is 57.4 cm³/mol. The van der Waals surface area contributed by atoms with E-state index in [0.717, 1.165) is 0 Å². The van der Waals surface area contributed by atoms with Gasteiger partial charge in [-0.05, 0) is 30.5 Å². The number of aliphatic hydroxyl groups excluding tert-OH is 1. The predicted octanol–water partition coefficient (Wildman–Crippen LogP) is 2.91. The van der Waals surface area contributed by atoms with E-state index >= 15 is 0 Å². The van der Waals surface area contributed by atoms with Crippen molar-refractivity contribution in [1.82, 2.24) is 0 Å². The Morgan fingerprint density at radius 2 is 2.00 bits per heavy atom. The van der Waals surface area contributed by atoms with Gasteiger partial charge in [-0.25, -0.2) is 4.39 Å². The van der Waals surface area contributed by atoms with Gasteiger partial charge >= 0.3 is 0 Å². The van der Waals surface area contributed by atoms with Crippen LogP contribution in [0.25, 0.3) is 0 Å². The molecule has 0 saturated heterocycles. The summed E-state index contributed by atoms with van der Waals surface area (Å²) in [6.07, 6.45) is -0.654. The van der Waals surface area contributed by atoms with Crippen LogP contribution in [0, 0.1) is 11.7 Å². The zero-order chi connectivity index (χ0) is 11.4. The van der Waals surface area contributed by atoms with Crippen LogP contribution < -0.4 is 4.74 Å². The number of aliphatic hydroxyl groups is 1. The summed E-state index contributed by atoms with van der Waals surface area (Å²) in [6, 6.07) is 4.53. The zero-order valence-electron chi connectivity index (χ0n) is 9.33. The first-order valence-corrected chi connectivity index (χ1v) is 5.11. The fourth-order valence-corrected chi connectivity index (χ4v) is 1.15. The summed E-state index contributed by atoms with van der Waals surface area (Å²) in [5, 5.41) is 9.25. The Morgan fingerprint density at radius 1 is 1.33 bits per heavy atom. The van der Waals surface area contributed by atoms with E-state index in [9.17, 15) is 9.50 Å². The Morgan fingerprint density at radius 3 is 2.47 bits per heavy atom. The molecule has 1 aromatic carbocycles. The topological polar surface area (TPSA) is 29.5 Å². The Balaban J connectivity index is 2.75. The maximum atomic E-state index is 13.4. The monoisotopic (exact) mass is 212 g/mol. The molecule has 0 aliphatic carbocycles.